The van der Waals surface area contributed by atoms with E-state index in [1.165, 1.54) is 0 Å². The normalized spacial score (nSPS) is 11.6. The third-order valence-electron chi connectivity index (χ3n) is 10.4. The molecule has 0 N–H and O–H groups in total. The number of aromatic nitrogens is 4. The zero-order valence-electron chi connectivity index (χ0n) is 29.9. The molecule has 6 nitrogen and oxygen atoms in total. The number of para-hydroxylation sites is 1. The zero-order chi connectivity index (χ0) is 37.0. The second kappa shape index (κ2) is 13.0. The topological polar surface area (TPSA) is 77.8 Å². The summed E-state index contributed by atoms with van der Waals surface area (Å²) in [6.07, 6.45) is 0. The molecule has 0 aliphatic rings. The monoisotopic (exact) mass is 718 g/mol. The highest BCUT2D eigenvalue weighted by atomic mass is 16.4. The number of oxazole rings is 1. The van der Waals surface area contributed by atoms with Gasteiger partial charge >= 0.3 is 0 Å². The second-order valence-electron chi connectivity index (χ2n) is 13.8. The highest BCUT2D eigenvalue weighted by molar-refractivity contribution is 6.13. The van der Waals surface area contributed by atoms with Gasteiger partial charge in [-0.15, -0.1) is 0 Å². The van der Waals surface area contributed by atoms with E-state index in [-0.39, 0.29) is 0 Å². The molecule has 0 aliphatic heterocycles. The Kier molecular flexibility index (Phi) is 7.38. The van der Waals surface area contributed by atoms with Crippen molar-refractivity contribution in [3.63, 3.8) is 0 Å². The van der Waals surface area contributed by atoms with Crippen LogP contribution in [0.15, 0.2) is 191 Å². The van der Waals surface area contributed by atoms with Gasteiger partial charge in [-0.3, -0.25) is 0 Å². The maximum Gasteiger partial charge on any atom is 0.227 e. The van der Waals surface area contributed by atoms with E-state index < -0.39 is 0 Å². The van der Waals surface area contributed by atoms with Crippen LogP contribution in [0.5, 0.6) is 0 Å². The average molecular weight is 719 g/mol. The smallest absolute Gasteiger partial charge is 0.227 e. The van der Waals surface area contributed by atoms with Gasteiger partial charge in [-0.2, -0.15) is 0 Å². The van der Waals surface area contributed by atoms with E-state index in [1.807, 2.05) is 91.0 Å². The Balaban J connectivity index is 0.954. The van der Waals surface area contributed by atoms with Crippen molar-refractivity contribution in [1.29, 1.82) is 0 Å². The molecular weight excluding hydrogens is 689 g/mol. The van der Waals surface area contributed by atoms with Crippen LogP contribution in [0.2, 0.25) is 0 Å². The van der Waals surface area contributed by atoms with Crippen molar-refractivity contribution in [3.8, 4) is 67.9 Å². The third kappa shape index (κ3) is 5.43. The van der Waals surface area contributed by atoms with Crippen molar-refractivity contribution >= 4 is 43.8 Å². The molecule has 56 heavy (non-hydrogen) atoms. The molecule has 0 saturated heterocycles. The zero-order valence-corrected chi connectivity index (χ0v) is 29.9. The lowest BCUT2D eigenvalue weighted by atomic mass is 9.91. The third-order valence-corrected chi connectivity index (χ3v) is 10.4. The summed E-state index contributed by atoms with van der Waals surface area (Å²) in [5, 5.41) is 4.42. The summed E-state index contributed by atoms with van der Waals surface area (Å²) >= 11 is 0. The lowest BCUT2D eigenvalue weighted by Gasteiger charge is -2.13. The molecule has 3 heterocycles. The van der Waals surface area contributed by atoms with E-state index in [1.54, 1.807) is 0 Å². The first-order valence-corrected chi connectivity index (χ1v) is 18.5. The Morgan fingerprint density at radius 1 is 0.304 bits per heavy atom. The van der Waals surface area contributed by atoms with Crippen molar-refractivity contribution in [2.24, 2.45) is 0 Å². The predicted octanol–water partition coefficient (Wildman–Crippen LogP) is 13.1. The number of hydrogen-bond acceptors (Lipinski definition) is 6. The van der Waals surface area contributed by atoms with Crippen molar-refractivity contribution in [2.75, 3.05) is 0 Å². The number of rotatable bonds is 6. The van der Waals surface area contributed by atoms with Gasteiger partial charge in [0.05, 0.1) is 0 Å². The van der Waals surface area contributed by atoms with Crippen LogP contribution in [-0.2, 0) is 0 Å². The number of fused-ring (bicyclic) bond motifs is 6. The summed E-state index contributed by atoms with van der Waals surface area (Å²) < 4.78 is 12.5. The van der Waals surface area contributed by atoms with Crippen LogP contribution < -0.4 is 0 Å². The van der Waals surface area contributed by atoms with Gasteiger partial charge in [0.25, 0.3) is 0 Å². The minimum atomic E-state index is 0.560. The number of nitrogens with zero attached hydrogens (tertiary/aromatic N) is 4. The van der Waals surface area contributed by atoms with Crippen LogP contribution in [0, 0.1) is 0 Å². The second-order valence-corrected chi connectivity index (χ2v) is 13.8. The number of hydrogen-bond donors (Lipinski definition) is 0. The largest absolute Gasteiger partial charge is 0.454 e. The molecule has 0 bridgehead atoms. The van der Waals surface area contributed by atoms with Crippen molar-refractivity contribution in [2.45, 2.75) is 0 Å². The first-order chi connectivity index (χ1) is 27.7. The fourth-order valence-corrected chi connectivity index (χ4v) is 7.66. The van der Waals surface area contributed by atoms with E-state index in [9.17, 15) is 0 Å². The molecule has 3 aromatic heterocycles. The first-order valence-electron chi connectivity index (χ1n) is 18.5. The molecule has 0 fully saturated rings. The Morgan fingerprint density at radius 2 is 0.839 bits per heavy atom. The van der Waals surface area contributed by atoms with Gasteiger partial charge in [0, 0.05) is 33.0 Å². The quantitative estimate of drug-likeness (QED) is 0.170. The van der Waals surface area contributed by atoms with Crippen LogP contribution in [0.1, 0.15) is 0 Å². The van der Waals surface area contributed by atoms with Gasteiger partial charge in [-0.25, -0.2) is 19.9 Å². The van der Waals surface area contributed by atoms with E-state index in [4.69, 9.17) is 28.8 Å². The SMILES string of the molecule is c1ccc(-c2nc(-c3ccccc3)nc(-c3cccc(-c4ccc(-c5ccc(-c6nc7c(ccc8c9ccccc9oc87)o6)cc5)c5ccccc45)c3)n2)cc1. The minimum absolute atomic E-state index is 0.560. The summed E-state index contributed by atoms with van der Waals surface area (Å²) in [4.78, 5) is 19.7. The highest BCUT2D eigenvalue weighted by Crippen LogP contribution is 2.39. The Hall–Kier alpha value is -7.70. The van der Waals surface area contributed by atoms with Gasteiger partial charge in [-0.05, 0) is 69.4 Å². The molecule has 0 unspecified atom stereocenters. The molecule has 0 aliphatic carbocycles. The first kappa shape index (κ1) is 31.8. The molecule has 11 aromatic rings. The van der Waals surface area contributed by atoms with E-state index >= 15 is 0 Å². The lowest BCUT2D eigenvalue weighted by Crippen LogP contribution is -2.00. The molecule has 0 atom stereocenters. The van der Waals surface area contributed by atoms with Crippen LogP contribution in [0.3, 0.4) is 0 Å². The maximum absolute atomic E-state index is 6.25. The fourth-order valence-electron chi connectivity index (χ4n) is 7.66. The van der Waals surface area contributed by atoms with E-state index in [0.29, 0.717) is 28.9 Å². The molecule has 0 saturated carbocycles. The van der Waals surface area contributed by atoms with Crippen LogP contribution in [0.25, 0.3) is 112 Å². The predicted molar refractivity (Wildman–Crippen MR) is 225 cm³/mol. The average Bonchev–Trinajstić information content (AvgIpc) is 3.89. The van der Waals surface area contributed by atoms with Gasteiger partial charge in [0.1, 0.15) is 5.58 Å². The van der Waals surface area contributed by atoms with Crippen molar-refractivity contribution in [1.82, 2.24) is 19.9 Å². The summed E-state index contributed by atoms with van der Waals surface area (Å²) in [6, 6.07) is 62.1. The van der Waals surface area contributed by atoms with Crippen molar-refractivity contribution < 1.29 is 8.83 Å². The molecule has 262 valence electrons. The molecule has 6 heteroatoms. The highest BCUT2D eigenvalue weighted by Gasteiger charge is 2.18. The van der Waals surface area contributed by atoms with Gasteiger partial charge in [0.15, 0.2) is 34.2 Å². The summed E-state index contributed by atoms with van der Waals surface area (Å²) in [5.41, 5.74) is 11.2. The van der Waals surface area contributed by atoms with Gasteiger partial charge in [0.2, 0.25) is 5.89 Å². The van der Waals surface area contributed by atoms with Crippen LogP contribution in [-0.4, -0.2) is 19.9 Å². The Bertz CT molecular complexity index is 3180. The Labute approximate surface area is 321 Å². The lowest BCUT2D eigenvalue weighted by molar-refractivity contribution is 0.620. The molecule has 11 rings (SSSR count). The van der Waals surface area contributed by atoms with Gasteiger partial charge in [-0.1, -0.05) is 146 Å². The van der Waals surface area contributed by atoms with Crippen molar-refractivity contribution in [3.05, 3.63) is 182 Å². The molecular formula is C50H30N4O2. The van der Waals surface area contributed by atoms with Gasteiger partial charge < -0.3 is 8.83 Å². The number of benzene rings is 8. The Morgan fingerprint density at radius 3 is 1.52 bits per heavy atom. The summed E-state index contributed by atoms with van der Waals surface area (Å²) in [5.74, 6) is 2.46. The van der Waals surface area contributed by atoms with E-state index in [0.717, 1.165) is 82.7 Å². The van der Waals surface area contributed by atoms with Crippen LogP contribution in [0.4, 0.5) is 0 Å². The summed E-state index contributed by atoms with van der Waals surface area (Å²) in [6.45, 7) is 0. The molecule has 0 radical (unpaired) electrons. The number of furan rings is 1. The molecule has 0 spiro atoms. The van der Waals surface area contributed by atoms with E-state index in [2.05, 4.69) is 91.0 Å². The standard InChI is InChI=1S/C50H30N4O2/c1-3-12-32(13-4-1)47-52-48(33-14-5-2-6-15-33)54-49(53-47)36-17-11-16-35(30-36)38-27-26-37(39-18-7-8-19-40(38)39)31-22-24-34(25-23-31)50-51-45-44(56-50)29-28-42-41-20-9-10-21-43(41)55-46(42)45/h1-30H. The maximum atomic E-state index is 6.25. The minimum Gasteiger partial charge on any atom is -0.454 e. The molecule has 8 aromatic carbocycles. The molecule has 0 amide bonds. The summed E-state index contributed by atoms with van der Waals surface area (Å²) in [7, 11) is 0. The fraction of sp³-hybridized carbons (Fsp3) is 0. The van der Waals surface area contributed by atoms with Crippen LogP contribution >= 0.6 is 0 Å².